The van der Waals surface area contributed by atoms with Crippen molar-refractivity contribution >= 4 is 17.5 Å². The van der Waals surface area contributed by atoms with E-state index in [0.29, 0.717) is 23.5 Å². The Hall–Kier alpha value is -2.90. The van der Waals surface area contributed by atoms with Crippen molar-refractivity contribution in [2.75, 3.05) is 38.6 Å². The number of likely N-dealkylation sites (N-methyl/N-ethyl adjacent to an activating group) is 1. The third-order valence-electron chi connectivity index (χ3n) is 7.94. The van der Waals surface area contributed by atoms with E-state index < -0.39 is 0 Å². The van der Waals surface area contributed by atoms with Crippen molar-refractivity contribution in [1.82, 2.24) is 9.80 Å². The summed E-state index contributed by atoms with van der Waals surface area (Å²) < 4.78 is 6.53. The number of nitrogens with zero attached hydrogens (tertiary/aromatic N) is 2. The average Bonchev–Trinajstić information content (AvgIpc) is 2.91. The second-order valence-electron chi connectivity index (χ2n) is 11.3. The van der Waals surface area contributed by atoms with Crippen LogP contribution >= 0.6 is 0 Å². The molecule has 1 heterocycles. The summed E-state index contributed by atoms with van der Waals surface area (Å²) in [6.07, 6.45) is 6.73. The third kappa shape index (κ3) is 7.35. The summed E-state index contributed by atoms with van der Waals surface area (Å²) in [6.45, 7) is 6.18. The van der Waals surface area contributed by atoms with Crippen LogP contribution in [-0.2, 0) is 11.2 Å². The molecule has 2 N–H and O–H groups in total. The lowest BCUT2D eigenvalue weighted by Gasteiger charge is -2.38. The zero-order valence-corrected chi connectivity index (χ0v) is 23.1. The Morgan fingerprint density at radius 1 is 1.13 bits per heavy atom. The fourth-order valence-electron chi connectivity index (χ4n) is 5.70. The molecule has 206 valence electrons. The van der Waals surface area contributed by atoms with E-state index in [1.54, 1.807) is 23.1 Å². The van der Waals surface area contributed by atoms with E-state index >= 15 is 0 Å². The maximum absolute atomic E-state index is 13.7. The van der Waals surface area contributed by atoms with E-state index in [-0.39, 0.29) is 42.9 Å². The molecular weight excluding hydrogens is 478 g/mol. The summed E-state index contributed by atoms with van der Waals surface area (Å²) in [6, 6.07) is 14.5. The minimum absolute atomic E-state index is 0.0835. The van der Waals surface area contributed by atoms with Crippen LogP contribution in [0.25, 0.3) is 0 Å². The van der Waals surface area contributed by atoms with Crippen LogP contribution in [0.2, 0.25) is 0 Å². The van der Waals surface area contributed by atoms with Crippen LogP contribution in [0.4, 0.5) is 5.69 Å². The van der Waals surface area contributed by atoms with E-state index in [4.69, 9.17) is 4.74 Å². The molecule has 0 radical (unpaired) electrons. The molecule has 3 atom stereocenters. The molecule has 2 amide bonds. The van der Waals surface area contributed by atoms with Gasteiger partial charge < -0.3 is 25.0 Å². The standard InChI is InChI=1S/C31H43N3O4/c1-22-18-34(23(2)21-35)31(37)27-17-26(32-30(36)16-24-10-6-4-7-11-24)14-15-28(27)38-29(22)20-33(3)19-25-12-8-5-9-13-25/h4,6-7,10-11,14-15,17,22-23,25,29,35H,5,8-9,12-13,16,18-21H2,1-3H3,(H,32,36)/t22-,23+,29-/m0/s1. The maximum Gasteiger partial charge on any atom is 0.258 e. The number of hydrogen-bond acceptors (Lipinski definition) is 5. The number of carbonyl (C=O) groups is 2. The summed E-state index contributed by atoms with van der Waals surface area (Å²) in [7, 11) is 2.16. The molecule has 1 fully saturated rings. The van der Waals surface area contributed by atoms with Gasteiger partial charge in [-0.1, -0.05) is 56.5 Å². The number of aliphatic hydroxyl groups is 1. The number of benzene rings is 2. The Morgan fingerprint density at radius 2 is 1.87 bits per heavy atom. The van der Waals surface area contributed by atoms with Crippen LogP contribution in [-0.4, -0.2) is 72.2 Å². The molecule has 2 aromatic rings. The molecule has 1 aliphatic carbocycles. The smallest absolute Gasteiger partial charge is 0.258 e. The summed E-state index contributed by atoms with van der Waals surface area (Å²) in [5.74, 6) is 1.00. The Morgan fingerprint density at radius 3 is 2.58 bits per heavy atom. The topological polar surface area (TPSA) is 82.1 Å². The van der Waals surface area contributed by atoms with E-state index in [9.17, 15) is 14.7 Å². The van der Waals surface area contributed by atoms with Crippen molar-refractivity contribution in [2.45, 2.75) is 64.5 Å². The van der Waals surface area contributed by atoms with Gasteiger partial charge in [0, 0.05) is 31.2 Å². The van der Waals surface area contributed by atoms with Crippen LogP contribution < -0.4 is 10.1 Å². The minimum atomic E-state index is -0.326. The molecule has 7 nitrogen and oxygen atoms in total. The molecule has 7 heteroatoms. The van der Waals surface area contributed by atoms with Gasteiger partial charge in [-0.3, -0.25) is 9.59 Å². The highest BCUT2D eigenvalue weighted by atomic mass is 16.5. The van der Waals surface area contributed by atoms with Crippen LogP contribution in [0.15, 0.2) is 48.5 Å². The lowest BCUT2D eigenvalue weighted by Crippen LogP contribution is -2.50. The molecule has 1 aliphatic heterocycles. The van der Waals surface area contributed by atoms with Crippen molar-refractivity contribution in [3.63, 3.8) is 0 Å². The van der Waals surface area contributed by atoms with Crippen molar-refractivity contribution in [3.05, 3.63) is 59.7 Å². The highest BCUT2D eigenvalue weighted by Crippen LogP contribution is 2.31. The monoisotopic (exact) mass is 521 g/mol. The van der Waals surface area contributed by atoms with Gasteiger partial charge in [0.15, 0.2) is 0 Å². The van der Waals surface area contributed by atoms with Crippen LogP contribution in [0.1, 0.15) is 61.9 Å². The zero-order valence-electron chi connectivity index (χ0n) is 23.1. The number of amides is 2. The minimum Gasteiger partial charge on any atom is -0.488 e. The average molecular weight is 522 g/mol. The number of fused-ring (bicyclic) bond motifs is 1. The maximum atomic E-state index is 13.7. The summed E-state index contributed by atoms with van der Waals surface area (Å²) >= 11 is 0. The lowest BCUT2D eigenvalue weighted by molar-refractivity contribution is -0.115. The number of ether oxygens (including phenoxy) is 1. The highest BCUT2D eigenvalue weighted by Gasteiger charge is 2.34. The molecule has 1 saturated carbocycles. The summed E-state index contributed by atoms with van der Waals surface area (Å²) in [5, 5.41) is 12.8. The normalized spacial score (nSPS) is 21.3. The summed E-state index contributed by atoms with van der Waals surface area (Å²) in [5.41, 5.74) is 1.89. The second kappa shape index (κ2) is 13.3. The molecule has 0 unspecified atom stereocenters. The van der Waals surface area contributed by atoms with Crippen molar-refractivity contribution in [3.8, 4) is 5.75 Å². The molecule has 38 heavy (non-hydrogen) atoms. The van der Waals surface area contributed by atoms with Gasteiger partial charge in [-0.15, -0.1) is 0 Å². The largest absolute Gasteiger partial charge is 0.488 e. The molecule has 0 saturated heterocycles. The Balaban J connectivity index is 1.53. The SMILES string of the molecule is C[C@H](CO)N1C[C@H](C)[C@H](CN(C)CC2CCCCC2)Oc2ccc(NC(=O)Cc3ccccc3)cc2C1=O. The Bertz CT molecular complexity index is 1070. The van der Waals surface area contributed by atoms with Gasteiger partial charge in [-0.05, 0) is 56.5 Å². The molecular formula is C31H43N3O4. The number of rotatable bonds is 9. The zero-order chi connectivity index (χ0) is 27.1. The van der Waals surface area contributed by atoms with Crippen molar-refractivity contribution in [2.24, 2.45) is 11.8 Å². The number of carbonyl (C=O) groups excluding carboxylic acids is 2. The molecule has 0 bridgehead atoms. The Labute approximate surface area is 227 Å². The van der Waals surface area contributed by atoms with E-state index in [1.807, 2.05) is 37.3 Å². The van der Waals surface area contributed by atoms with Gasteiger partial charge in [0.05, 0.1) is 24.6 Å². The number of nitrogens with one attached hydrogen (secondary N) is 1. The first-order valence-electron chi connectivity index (χ1n) is 14.1. The molecule has 0 aromatic heterocycles. The van der Waals surface area contributed by atoms with E-state index in [0.717, 1.165) is 24.6 Å². The lowest BCUT2D eigenvalue weighted by atomic mass is 9.89. The van der Waals surface area contributed by atoms with Crippen LogP contribution in [0.3, 0.4) is 0 Å². The van der Waals surface area contributed by atoms with Gasteiger partial charge in [0.2, 0.25) is 5.91 Å². The predicted octanol–water partition coefficient (Wildman–Crippen LogP) is 4.60. The van der Waals surface area contributed by atoms with Gasteiger partial charge in [-0.2, -0.15) is 0 Å². The second-order valence-corrected chi connectivity index (χ2v) is 11.3. The van der Waals surface area contributed by atoms with E-state index in [2.05, 4.69) is 24.2 Å². The van der Waals surface area contributed by atoms with Crippen molar-refractivity contribution in [1.29, 1.82) is 0 Å². The van der Waals surface area contributed by atoms with Crippen LogP contribution in [0.5, 0.6) is 5.75 Å². The molecule has 0 spiro atoms. The Kier molecular flexibility index (Phi) is 9.80. The van der Waals surface area contributed by atoms with Crippen LogP contribution in [0, 0.1) is 11.8 Å². The highest BCUT2D eigenvalue weighted by molar-refractivity contribution is 6.00. The fourth-order valence-corrected chi connectivity index (χ4v) is 5.70. The van der Waals surface area contributed by atoms with Gasteiger partial charge in [0.1, 0.15) is 11.9 Å². The quantitative estimate of drug-likeness (QED) is 0.504. The summed E-state index contributed by atoms with van der Waals surface area (Å²) in [4.78, 5) is 30.5. The first-order chi connectivity index (χ1) is 18.3. The molecule has 2 aliphatic rings. The number of aliphatic hydroxyl groups excluding tert-OH is 1. The fraction of sp³-hybridized carbons (Fsp3) is 0.548. The number of anilines is 1. The predicted molar refractivity (Wildman–Crippen MR) is 150 cm³/mol. The first kappa shape index (κ1) is 28.1. The van der Waals surface area contributed by atoms with Gasteiger partial charge in [-0.25, -0.2) is 0 Å². The molecule has 2 aromatic carbocycles. The first-order valence-corrected chi connectivity index (χ1v) is 14.1. The number of hydrogen-bond donors (Lipinski definition) is 2. The van der Waals surface area contributed by atoms with Gasteiger partial charge in [0.25, 0.3) is 5.91 Å². The van der Waals surface area contributed by atoms with E-state index in [1.165, 1.54) is 32.1 Å². The van der Waals surface area contributed by atoms with Gasteiger partial charge >= 0.3 is 0 Å². The van der Waals surface area contributed by atoms with Crippen molar-refractivity contribution < 1.29 is 19.4 Å². The third-order valence-corrected chi connectivity index (χ3v) is 7.94. The molecule has 4 rings (SSSR count).